The second kappa shape index (κ2) is 7.97. The van der Waals surface area contributed by atoms with Crippen LogP contribution in [0.25, 0.3) is 0 Å². The summed E-state index contributed by atoms with van der Waals surface area (Å²) in [5.74, 6) is -1.76. The van der Waals surface area contributed by atoms with E-state index in [1.54, 1.807) is 0 Å². The summed E-state index contributed by atoms with van der Waals surface area (Å²) in [7, 11) is 0. The predicted molar refractivity (Wildman–Crippen MR) is 72.3 cm³/mol. The van der Waals surface area contributed by atoms with Crippen molar-refractivity contribution >= 4 is 17.7 Å². The summed E-state index contributed by atoms with van der Waals surface area (Å²) in [5, 5.41) is 0. The van der Waals surface area contributed by atoms with Crippen LogP contribution in [0.4, 0.5) is 8.78 Å². The number of ether oxygens (including phenoxy) is 1. The lowest BCUT2D eigenvalue weighted by Gasteiger charge is -2.19. The lowest BCUT2D eigenvalue weighted by Crippen LogP contribution is -2.25. The van der Waals surface area contributed by atoms with Gasteiger partial charge in [0, 0.05) is 12.8 Å². The molecule has 0 heterocycles. The first-order chi connectivity index (χ1) is 8.16. The Morgan fingerprint density at radius 3 is 2.33 bits per heavy atom. The first kappa shape index (κ1) is 17.7. The molecule has 0 rings (SSSR count). The zero-order valence-electron chi connectivity index (χ0n) is 11.7. The summed E-state index contributed by atoms with van der Waals surface area (Å²) in [6.07, 6.45) is 1.06. The van der Waals surface area contributed by atoms with Crippen molar-refractivity contribution in [3.8, 4) is 0 Å². The molecule has 0 bridgehead atoms. The highest BCUT2D eigenvalue weighted by Crippen LogP contribution is 2.25. The van der Waals surface area contributed by atoms with Gasteiger partial charge in [-0.25, -0.2) is 8.78 Å². The summed E-state index contributed by atoms with van der Waals surface area (Å²) < 4.78 is 30.9. The third-order valence-corrected chi connectivity index (χ3v) is 3.26. The smallest absolute Gasteiger partial charge is 0.316 e. The van der Waals surface area contributed by atoms with Crippen LogP contribution in [0.3, 0.4) is 0 Å². The highest BCUT2D eigenvalue weighted by molar-refractivity contribution is 7.99. The van der Waals surface area contributed by atoms with Crippen LogP contribution in [-0.2, 0) is 9.53 Å². The van der Waals surface area contributed by atoms with Gasteiger partial charge in [0.15, 0.2) is 0 Å². The first-order valence-electron chi connectivity index (χ1n) is 6.34. The first-order valence-corrected chi connectivity index (χ1v) is 7.49. The van der Waals surface area contributed by atoms with Gasteiger partial charge >= 0.3 is 5.97 Å². The number of unbranched alkanes of at least 4 members (excludes halogenated alkanes) is 1. The molecule has 0 spiro atoms. The van der Waals surface area contributed by atoms with Gasteiger partial charge in [-0.1, -0.05) is 6.92 Å². The Hall–Kier alpha value is -0.320. The van der Waals surface area contributed by atoms with E-state index < -0.39 is 11.5 Å². The Bertz CT molecular complexity index is 250. The van der Waals surface area contributed by atoms with Crippen LogP contribution < -0.4 is 0 Å². The highest BCUT2D eigenvalue weighted by atomic mass is 32.2. The lowest BCUT2D eigenvalue weighted by molar-refractivity contribution is -0.151. The molecule has 0 saturated heterocycles. The maximum absolute atomic E-state index is 12.9. The fourth-order valence-corrected chi connectivity index (χ4v) is 2.07. The van der Waals surface area contributed by atoms with E-state index in [1.807, 2.05) is 20.8 Å². The number of halogens is 2. The molecule has 0 aliphatic rings. The van der Waals surface area contributed by atoms with Gasteiger partial charge in [-0.15, -0.1) is 0 Å². The van der Waals surface area contributed by atoms with Gasteiger partial charge < -0.3 is 4.74 Å². The minimum absolute atomic E-state index is 0.0590. The van der Waals surface area contributed by atoms with Crippen molar-refractivity contribution in [1.29, 1.82) is 0 Å². The van der Waals surface area contributed by atoms with Gasteiger partial charge in [-0.2, -0.15) is 11.8 Å². The third-order valence-electron chi connectivity index (χ3n) is 2.24. The number of thioether (sulfide) groups is 1. The molecule has 0 unspecified atom stereocenters. The van der Waals surface area contributed by atoms with E-state index in [-0.39, 0.29) is 18.8 Å². The quantitative estimate of drug-likeness (QED) is 0.491. The summed E-state index contributed by atoms with van der Waals surface area (Å²) in [5.41, 5.74) is -0.458. The van der Waals surface area contributed by atoms with Crippen molar-refractivity contribution < 1.29 is 18.3 Å². The molecule has 0 aromatic carbocycles. The van der Waals surface area contributed by atoms with Crippen LogP contribution in [0.1, 0.15) is 53.4 Å². The van der Waals surface area contributed by atoms with E-state index in [0.29, 0.717) is 18.6 Å². The Kier molecular flexibility index (Phi) is 7.83. The number of esters is 1. The molecule has 0 saturated carbocycles. The van der Waals surface area contributed by atoms with Crippen LogP contribution in [0, 0.1) is 0 Å². The molecule has 18 heavy (non-hydrogen) atoms. The van der Waals surface area contributed by atoms with E-state index >= 15 is 0 Å². The second-order valence-electron chi connectivity index (χ2n) is 5.31. The van der Waals surface area contributed by atoms with E-state index in [0.717, 1.165) is 5.75 Å². The van der Waals surface area contributed by atoms with E-state index in [1.165, 1.54) is 18.7 Å². The zero-order chi connectivity index (χ0) is 14.2. The monoisotopic (exact) mass is 282 g/mol. The Balaban J connectivity index is 3.49. The molecule has 0 fully saturated rings. The average molecular weight is 282 g/mol. The molecule has 0 radical (unpaired) electrons. The van der Waals surface area contributed by atoms with Crippen LogP contribution in [0.5, 0.6) is 0 Å². The van der Waals surface area contributed by atoms with Gasteiger partial charge in [0.2, 0.25) is 5.92 Å². The Morgan fingerprint density at radius 1 is 1.22 bits per heavy atom. The van der Waals surface area contributed by atoms with Gasteiger partial charge in [-0.3, -0.25) is 4.79 Å². The SMILES string of the molecule is CCC(F)(F)CCCCSCC(=O)OC(C)(C)C. The molecule has 0 aliphatic heterocycles. The van der Waals surface area contributed by atoms with E-state index in [4.69, 9.17) is 4.74 Å². The van der Waals surface area contributed by atoms with Gasteiger partial charge in [-0.05, 0) is 39.4 Å². The van der Waals surface area contributed by atoms with Crippen LogP contribution in [-0.4, -0.2) is 29.0 Å². The van der Waals surface area contributed by atoms with Crippen LogP contribution in [0.2, 0.25) is 0 Å². The van der Waals surface area contributed by atoms with Gasteiger partial charge in [0.1, 0.15) is 5.60 Å². The normalized spacial score (nSPS) is 12.6. The molecule has 0 N–H and O–H groups in total. The van der Waals surface area contributed by atoms with Crippen molar-refractivity contribution in [3.63, 3.8) is 0 Å². The molecule has 0 amide bonds. The fourth-order valence-electron chi connectivity index (χ4n) is 1.29. The average Bonchev–Trinajstić information content (AvgIpc) is 2.20. The number of carbonyl (C=O) groups is 1. The molecule has 0 atom stereocenters. The maximum Gasteiger partial charge on any atom is 0.316 e. The second-order valence-corrected chi connectivity index (χ2v) is 6.41. The number of carbonyl (C=O) groups excluding carboxylic acids is 1. The van der Waals surface area contributed by atoms with E-state index in [2.05, 4.69) is 0 Å². The summed E-state index contributed by atoms with van der Waals surface area (Å²) in [4.78, 5) is 11.3. The fraction of sp³-hybridized carbons (Fsp3) is 0.923. The number of rotatable bonds is 8. The Labute approximate surface area is 113 Å². The topological polar surface area (TPSA) is 26.3 Å². The number of hydrogen-bond acceptors (Lipinski definition) is 3. The molecule has 2 nitrogen and oxygen atoms in total. The molecular formula is C13H24F2O2S. The summed E-state index contributed by atoms with van der Waals surface area (Å²) in [6.45, 7) is 6.96. The van der Waals surface area contributed by atoms with Crippen molar-refractivity contribution in [1.82, 2.24) is 0 Å². The van der Waals surface area contributed by atoms with Crippen molar-refractivity contribution in [2.45, 2.75) is 64.9 Å². The molecule has 108 valence electrons. The molecule has 5 heteroatoms. The summed E-state index contributed by atoms with van der Waals surface area (Å²) in [6, 6.07) is 0. The summed E-state index contributed by atoms with van der Waals surface area (Å²) >= 11 is 1.44. The number of hydrogen-bond donors (Lipinski definition) is 0. The lowest BCUT2D eigenvalue weighted by atomic mass is 10.1. The van der Waals surface area contributed by atoms with Crippen molar-refractivity contribution in [2.75, 3.05) is 11.5 Å². The maximum atomic E-state index is 12.9. The number of alkyl halides is 2. The minimum atomic E-state index is -2.53. The predicted octanol–water partition coefficient (Wildman–Crippen LogP) is 4.28. The molecule has 0 aromatic rings. The Morgan fingerprint density at radius 2 is 1.83 bits per heavy atom. The standard InChI is InChI=1S/C13H24F2O2S/c1-5-13(14,15)8-6-7-9-18-10-11(16)17-12(2,3)4/h5-10H2,1-4H3. The van der Waals surface area contributed by atoms with Crippen molar-refractivity contribution in [2.24, 2.45) is 0 Å². The largest absolute Gasteiger partial charge is 0.459 e. The van der Waals surface area contributed by atoms with E-state index in [9.17, 15) is 13.6 Å². The van der Waals surface area contributed by atoms with Crippen LogP contribution >= 0.6 is 11.8 Å². The van der Waals surface area contributed by atoms with Crippen LogP contribution in [0.15, 0.2) is 0 Å². The molecular weight excluding hydrogens is 258 g/mol. The van der Waals surface area contributed by atoms with Crippen molar-refractivity contribution in [3.05, 3.63) is 0 Å². The zero-order valence-corrected chi connectivity index (χ0v) is 12.5. The minimum Gasteiger partial charge on any atom is -0.459 e. The van der Waals surface area contributed by atoms with Gasteiger partial charge in [0.25, 0.3) is 0 Å². The molecule has 0 aliphatic carbocycles. The van der Waals surface area contributed by atoms with Gasteiger partial charge in [0.05, 0.1) is 5.75 Å². The molecule has 0 aromatic heterocycles. The third kappa shape index (κ3) is 10.8. The highest BCUT2D eigenvalue weighted by Gasteiger charge is 2.24.